The Balaban J connectivity index is 1.58. The monoisotopic (exact) mass is 527 g/mol. The molecule has 0 aromatic heterocycles. The summed E-state index contributed by atoms with van der Waals surface area (Å²) in [4.78, 5) is 65.2. The molecular weight excluding hydrogens is 505 g/mol. The molecule has 2 aromatic rings. The van der Waals surface area contributed by atoms with E-state index in [9.17, 15) is 33.7 Å². The number of benzene rings is 2. The van der Waals surface area contributed by atoms with Gasteiger partial charge in [-0.2, -0.15) is 5.01 Å². The van der Waals surface area contributed by atoms with Gasteiger partial charge in [0.2, 0.25) is 0 Å². The van der Waals surface area contributed by atoms with Gasteiger partial charge in [-0.05, 0) is 73.9 Å². The third-order valence-electron chi connectivity index (χ3n) is 7.76. The molecule has 2 aliphatic carbocycles. The highest BCUT2D eigenvalue weighted by Gasteiger charge is 2.63. The van der Waals surface area contributed by atoms with Crippen LogP contribution in [0.25, 0.3) is 0 Å². The molecule has 0 unspecified atom stereocenters. The van der Waals surface area contributed by atoms with Gasteiger partial charge in [-0.1, -0.05) is 0 Å². The predicted molar refractivity (Wildman–Crippen MR) is 129 cm³/mol. The van der Waals surface area contributed by atoms with Crippen LogP contribution >= 0.6 is 11.6 Å². The second kappa shape index (κ2) is 9.66. The maximum Gasteiger partial charge on any atom is 0.273 e. The molecule has 1 heterocycles. The molecule has 0 radical (unpaired) electrons. The van der Waals surface area contributed by atoms with Gasteiger partial charge in [-0.25, -0.2) is 9.40 Å². The van der Waals surface area contributed by atoms with Gasteiger partial charge in [-0.3, -0.25) is 29.3 Å². The summed E-state index contributed by atoms with van der Waals surface area (Å²) in [5.74, 6) is -4.13. The molecule has 1 saturated heterocycles. The zero-order valence-electron chi connectivity index (χ0n) is 19.6. The van der Waals surface area contributed by atoms with Gasteiger partial charge in [0, 0.05) is 29.1 Å². The lowest BCUT2D eigenvalue weighted by Crippen LogP contribution is -2.58. The highest BCUT2D eigenvalue weighted by molar-refractivity contribution is 6.18. The highest BCUT2D eigenvalue weighted by Crippen LogP contribution is 2.56. The summed E-state index contributed by atoms with van der Waals surface area (Å²) >= 11 is 6.02. The van der Waals surface area contributed by atoms with Crippen LogP contribution in [0.2, 0.25) is 0 Å². The molecule has 1 aliphatic heterocycles. The van der Waals surface area contributed by atoms with Gasteiger partial charge < -0.3 is 0 Å². The quantitative estimate of drug-likeness (QED) is 0.168. The van der Waals surface area contributed by atoms with E-state index in [4.69, 9.17) is 11.6 Å². The molecular formula is C26H23ClFN3O6. The summed E-state index contributed by atoms with van der Waals surface area (Å²) in [6.45, 7) is 0. The number of nitro benzene ring substituents is 1. The smallest absolute Gasteiger partial charge is 0.273 e. The normalized spacial score (nSPS) is 24.8. The van der Waals surface area contributed by atoms with Gasteiger partial charge in [0.05, 0.1) is 16.8 Å². The lowest BCUT2D eigenvalue weighted by molar-refractivity contribution is -0.384. The first-order valence-corrected chi connectivity index (χ1v) is 12.6. The second-order valence-corrected chi connectivity index (χ2v) is 10.1. The lowest BCUT2D eigenvalue weighted by atomic mass is 9.81. The van der Waals surface area contributed by atoms with Crippen molar-refractivity contribution in [3.8, 4) is 0 Å². The van der Waals surface area contributed by atoms with E-state index in [0.717, 1.165) is 53.5 Å². The molecule has 2 bridgehead atoms. The lowest BCUT2D eigenvalue weighted by Gasteiger charge is -2.36. The number of imide groups is 1. The fraction of sp³-hybridized carbons (Fsp3) is 0.385. The fourth-order valence-electron chi connectivity index (χ4n) is 6.11. The van der Waals surface area contributed by atoms with Crippen molar-refractivity contribution in [3.63, 3.8) is 0 Å². The van der Waals surface area contributed by atoms with E-state index in [0.29, 0.717) is 0 Å². The molecule has 11 heteroatoms. The molecule has 3 aliphatic rings. The maximum atomic E-state index is 13.9. The van der Waals surface area contributed by atoms with Crippen molar-refractivity contribution in [2.45, 2.75) is 31.7 Å². The van der Waals surface area contributed by atoms with Crippen molar-refractivity contribution in [1.29, 1.82) is 0 Å². The van der Waals surface area contributed by atoms with E-state index in [1.807, 2.05) is 0 Å². The SMILES string of the molecule is O=C(c1ccc(F)cc1)[C@H](CCCl)N(C(=O)c1ccc([N+](=O)[O-])cc1)N1C(=O)[C@H]2[C@H]3CC[C@@H](C3)[C@@H]2C1=O. The Morgan fingerprint density at radius 1 is 1.00 bits per heavy atom. The first-order valence-electron chi connectivity index (χ1n) is 12.0. The fourth-order valence-corrected chi connectivity index (χ4v) is 6.32. The number of halogens is 2. The van der Waals surface area contributed by atoms with Crippen LogP contribution < -0.4 is 0 Å². The average Bonchev–Trinajstić information content (AvgIpc) is 3.58. The van der Waals surface area contributed by atoms with E-state index in [1.165, 1.54) is 24.3 Å². The molecule has 0 spiro atoms. The summed E-state index contributed by atoms with van der Waals surface area (Å²) in [7, 11) is 0. The average molecular weight is 528 g/mol. The zero-order valence-corrected chi connectivity index (χ0v) is 20.3. The third kappa shape index (κ3) is 4.19. The molecule has 2 saturated carbocycles. The number of nitro groups is 1. The second-order valence-electron chi connectivity index (χ2n) is 9.69. The van der Waals surface area contributed by atoms with E-state index in [1.54, 1.807) is 0 Å². The minimum atomic E-state index is -1.34. The molecule has 9 nitrogen and oxygen atoms in total. The number of rotatable bonds is 8. The summed E-state index contributed by atoms with van der Waals surface area (Å²) in [5, 5.41) is 12.8. The number of ketones is 1. The Morgan fingerprint density at radius 3 is 2.05 bits per heavy atom. The van der Waals surface area contributed by atoms with E-state index >= 15 is 0 Å². The van der Waals surface area contributed by atoms with E-state index in [-0.39, 0.29) is 41.0 Å². The number of alkyl halides is 1. The van der Waals surface area contributed by atoms with Crippen LogP contribution in [0.5, 0.6) is 0 Å². The Kier molecular flexibility index (Phi) is 6.53. The van der Waals surface area contributed by atoms with Crippen molar-refractivity contribution >= 4 is 40.8 Å². The number of hydrogen-bond donors (Lipinski definition) is 0. The van der Waals surface area contributed by atoms with Crippen LogP contribution in [0.4, 0.5) is 10.1 Å². The minimum absolute atomic E-state index is 0.0438. The molecule has 37 heavy (non-hydrogen) atoms. The predicted octanol–water partition coefficient (Wildman–Crippen LogP) is 4.00. The Morgan fingerprint density at radius 2 is 1.54 bits per heavy atom. The van der Waals surface area contributed by atoms with Crippen LogP contribution in [0.15, 0.2) is 48.5 Å². The number of hydrazine groups is 1. The zero-order chi connectivity index (χ0) is 26.4. The van der Waals surface area contributed by atoms with Gasteiger partial charge in [0.1, 0.15) is 11.9 Å². The number of carbonyl (C=O) groups excluding carboxylic acids is 4. The van der Waals surface area contributed by atoms with Crippen molar-refractivity contribution in [2.24, 2.45) is 23.7 Å². The van der Waals surface area contributed by atoms with Crippen molar-refractivity contribution in [2.75, 3.05) is 5.88 Å². The molecule has 5 atom stereocenters. The van der Waals surface area contributed by atoms with Gasteiger partial charge >= 0.3 is 0 Å². The summed E-state index contributed by atoms with van der Waals surface area (Å²) < 4.78 is 13.5. The first-order chi connectivity index (χ1) is 17.7. The topological polar surface area (TPSA) is 118 Å². The Labute approximate surface area is 216 Å². The molecule has 192 valence electrons. The molecule has 0 N–H and O–H groups in total. The number of hydrogen-bond acceptors (Lipinski definition) is 6. The number of non-ortho nitro benzene ring substituents is 1. The van der Waals surface area contributed by atoms with Crippen molar-refractivity contribution in [1.82, 2.24) is 10.0 Å². The Bertz CT molecular complexity index is 1260. The summed E-state index contributed by atoms with van der Waals surface area (Å²) in [6.07, 6.45) is 2.36. The molecule has 3 fully saturated rings. The third-order valence-corrected chi connectivity index (χ3v) is 7.98. The van der Waals surface area contributed by atoms with Crippen LogP contribution in [-0.2, 0) is 9.59 Å². The van der Waals surface area contributed by atoms with Crippen LogP contribution in [0.1, 0.15) is 46.4 Å². The van der Waals surface area contributed by atoms with E-state index < -0.39 is 52.1 Å². The largest absolute Gasteiger partial charge is 0.292 e. The standard InChI is InChI=1S/C26H23ClFN3O6/c27-12-11-20(23(32)14-3-7-18(28)8-4-14)29(24(33)15-5-9-19(10-6-15)31(36)37)30-25(34)21-16-1-2-17(13-16)22(21)26(30)35/h3-10,16-17,20-22H,1-2,11-13H2/t16-,17-,20-,21-,22-/m0/s1. The van der Waals surface area contributed by atoms with Crippen LogP contribution in [-0.4, -0.2) is 50.4 Å². The maximum absolute atomic E-state index is 13.9. The van der Waals surface area contributed by atoms with E-state index in [2.05, 4.69) is 0 Å². The van der Waals surface area contributed by atoms with Crippen LogP contribution in [0, 0.1) is 39.6 Å². The highest BCUT2D eigenvalue weighted by atomic mass is 35.5. The summed E-state index contributed by atoms with van der Waals surface area (Å²) in [6, 6.07) is 8.07. The first kappa shape index (κ1) is 25.0. The molecule has 2 aromatic carbocycles. The number of amides is 3. The Hall–Kier alpha value is -3.66. The van der Waals surface area contributed by atoms with Crippen molar-refractivity contribution in [3.05, 3.63) is 75.6 Å². The molecule has 3 amide bonds. The van der Waals surface area contributed by atoms with Gasteiger partial charge in [0.25, 0.3) is 23.4 Å². The van der Waals surface area contributed by atoms with Crippen LogP contribution in [0.3, 0.4) is 0 Å². The minimum Gasteiger partial charge on any atom is -0.292 e. The summed E-state index contributed by atoms with van der Waals surface area (Å²) in [5.41, 5.74) is -0.211. The number of Topliss-reactive ketones (excluding diaryl/α,β-unsaturated/α-hetero) is 1. The van der Waals surface area contributed by atoms with Gasteiger partial charge in [-0.15, -0.1) is 11.6 Å². The van der Waals surface area contributed by atoms with Gasteiger partial charge in [0.15, 0.2) is 5.78 Å². The number of fused-ring (bicyclic) bond motifs is 5. The number of nitrogens with zero attached hydrogens (tertiary/aromatic N) is 3. The van der Waals surface area contributed by atoms with Crippen molar-refractivity contribution < 1.29 is 28.5 Å². The number of carbonyl (C=O) groups is 4. The molecule has 5 rings (SSSR count).